The highest BCUT2D eigenvalue weighted by molar-refractivity contribution is 7.98. The first-order valence-electron chi connectivity index (χ1n) is 7.90. The first-order valence-corrected chi connectivity index (χ1v) is 9.05. The number of amides is 2. The topological polar surface area (TPSA) is 93.4 Å². The monoisotopic (exact) mass is 369 g/mol. The Morgan fingerprint density at radius 1 is 1.23 bits per heavy atom. The molecule has 0 radical (unpaired) electrons. The van der Waals surface area contributed by atoms with Crippen molar-refractivity contribution in [2.75, 3.05) is 12.8 Å². The number of aromatic hydroxyl groups is 1. The molecule has 0 heterocycles. The molecule has 0 saturated carbocycles. The van der Waals surface area contributed by atoms with Gasteiger partial charge in [-0.1, -0.05) is 36.4 Å². The second-order valence-electron chi connectivity index (χ2n) is 5.57. The molecular weight excluding hydrogens is 350 g/mol. The molecule has 0 fully saturated rings. The normalized spacial score (nSPS) is 11.2. The van der Waals surface area contributed by atoms with E-state index < -0.39 is 17.9 Å². The maximum atomic E-state index is 12.4. The number of carbonyl (C=O) groups is 2. The molecule has 0 saturated heterocycles. The first-order chi connectivity index (χ1) is 12.5. The van der Waals surface area contributed by atoms with Gasteiger partial charge >= 0.3 is 0 Å². The van der Waals surface area contributed by atoms with Crippen molar-refractivity contribution in [3.63, 3.8) is 0 Å². The zero-order valence-corrected chi connectivity index (χ0v) is 15.1. The van der Waals surface area contributed by atoms with Gasteiger partial charge in [0.2, 0.25) is 0 Å². The van der Waals surface area contributed by atoms with Crippen molar-refractivity contribution >= 4 is 23.6 Å². The molecule has 0 spiro atoms. The molecule has 26 heavy (non-hydrogen) atoms. The molecular formula is C19H19N3O3S. The largest absolute Gasteiger partial charge is 0.508 e. The number of hydrogen-bond donors (Lipinski definition) is 2. The molecule has 2 aromatic carbocycles. The van der Waals surface area contributed by atoms with Crippen molar-refractivity contribution in [3.8, 4) is 11.9 Å². The number of thioether (sulfide) groups is 1. The Hall–Kier alpha value is -2.98. The van der Waals surface area contributed by atoms with Crippen molar-refractivity contribution in [1.82, 2.24) is 10.2 Å². The standard InChI is InChI=1S/C19H19N3O3S/c1-22(13-20)19(25)17(12-26-11-14-6-3-2-4-7-14)21-18(24)15-8-5-9-16(23)10-15/h2-10,17,23H,11-12H2,1H3,(H,21,24)/t17-/m0/s1. The Morgan fingerprint density at radius 2 is 1.96 bits per heavy atom. The van der Waals surface area contributed by atoms with E-state index in [1.54, 1.807) is 18.3 Å². The number of nitriles is 1. The van der Waals surface area contributed by atoms with Crippen molar-refractivity contribution in [3.05, 3.63) is 65.7 Å². The second-order valence-corrected chi connectivity index (χ2v) is 6.60. The van der Waals surface area contributed by atoms with Crippen LogP contribution in [0.25, 0.3) is 0 Å². The summed E-state index contributed by atoms with van der Waals surface area (Å²) in [6.45, 7) is 0. The fourth-order valence-corrected chi connectivity index (χ4v) is 3.22. The SMILES string of the molecule is CN(C#N)C(=O)[C@H](CSCc1ccccc1)NC(=O)c1cccc(O)c1. The molecule has 7 heteroatoms. The van der Waals surface area contributed by atoms with Gasteiger partial charge in [-0.15, -0.1) is 0 Å². The zero-order valence-electron chi connectivity index (χ0n) is 14.3. The minimum Gasteiger partial charge on any atom is -0.508 e. The molecule has 2 aromatic rings. The molecule has 0 aliphatic heterocycles. The van der Waals surface area contributed by atoms with E-state index in [1.165, 1.54) is 30.9 Å². The molecule has 0 aromatic heterocycles. The zero-order chi connectivity index (χ0) is 18.9. The van der Waals surface area contributed by atoms with Gasteiger partial charge in [0.15, 0.2) is 6.19 Å². The van der Waals surface area contributed by atoms with Crippen LogP contribution in [0, 0.1) is 11.5 Å². The second kappa shape index (κ2) is 9.49. The number of hydrogen-bond acceptors (Lipinski definition) is 5. The minimum atomic E-state index is -0.844. The Morgan fingerprint density at radius 3 is 2.62 bits per heavy atom. The molecule has 0 bridgehead atoms. The molecule has 2 amide bonds. The van der Waals surface area contributed by atoms with E-state index in [9.17, 15) is 14.7 Å². The van der Waals surface area contributed by atoms with Crippen molar-refractivity contribution in [2.24, 2.45) is 0 Å². The number of phenols is 1. The quantitative estimate of drug-likeness (QED) is 0.577. The third kappa shape index (κ3) is 5.53. The number of nitrogens with one attached hydrogen (secondary N) is 1. The van der Waals surface area contributed by atoms with Crippen LogP contribution < -0.4 is 5.32 Å². The lowest BCUT2D eigenvalue weighted by molar-refractivity contribution is -0.128. The highest BCUT2D eigenvalue weighted by atomic mass is 32.2. The fraction of sp³-hybridized carbons (Fsp3) is 0.211. The molecule has 0 aliphatic rings. The molecule has 1 atom stereocenters. The van der Waals surface area contributed by atoms with Crippen molar-refractivity contribution in [1.29, 1.82) is 5.26 Å². The van der Waals surface area contributed by atoms with E-state index in [0.29, 0.717) is 11.5 Å². The molecule has 2 N–H and O–H groups in total. The molecule has 0 unspecified atom stereocenters. The van der Waals surface area contributed by atoms with E-state index in [4.69, 9.17) is 5.26 Å². The van der Waals surface area contributed by atoms with Crippen LogP contribution >= 0.6 is 11.8 Å². The van der Waals surface area contributed by atoms with Crippen LogP contribution in [0.5, 0.6) is 5.75 Å². The third-order valence-electron chi connectivity index (χ3n) is 3.59. The number of nitrogens with zero attached hydrogens (tertiary/aromatic N) is 2. The summed E-state index contributed by atoms with van der Waals surface area (Å²) in [5, 5.41) is 21.1. The summed E-state index contributed by atoms with van der Waals surface area (Å²) in [4.78, 5) is 25.6. The Bertz CT molecular complexity index is 805. The van der Waals surface area contributed by atoms with Crippen LogP contribution in [-0.2, 0) is 10.5 Å². The third-order valence-corrected chi connectivity index (χ3v) is 4.69. The van der Waals surface area contributed by atoms with Crippen LogP contribution in [0.15, 0.2) is 54.6 Å². The van der Waals surface area contributed by atoms with Crippen LogP contribution in [0.1, 0.15) is 15.9 Å². The van der Waals surface area contributed by atoms with E-state index in [-0.39, 0.29) is 11.3 Å². The number of rotatable bonds is 7. The average molecular weight is 369 g/mol. The molecule has 6 nitrogen and oxygen atoms in total. The van der Waals surface area contributed by atoms with Crippen LogP contribution in [0.2, 0.25) is 0 Å². The fourth-order valence-electron chi connectivity index (χ4n) is 2.22. The summed E-state index contributed by atoms with van der Waals surface area (Å²) in [6.07, 6.45) is 1.76. The Kier molecular flexibility index (Phi) is 7.06. The number of carbonyl (C=O) groups excluding carboxylic acids is 2. The molecule has 2 rings (SSSR count). The van der Waals surface area contributed by atoms with Gasteiger partial charge in [0.05, 0.1) is 0 Å². The smallest absolute Gasteiger partial charge is 0.258 e. The highest BCUT2D eigenvalue weighted by Gasteiger charge is 2.24. The summed E-state index contributed by atoms with van der Waals surface area (Å²) in [5.41, 5.74) is 1.35. The summed E-state index contributed by atoms with van der Waals surface area (Å²) in [5.74, 6) is 0.00767. The minimum absolute atomic E-state index is 0.0341. The first kappa shape index (κ1) is 19.3. The van der Waals surface area contributed by atoms with Gasteiger partial charge < -0.3 is 10.4 Å². The number of benzene rings is 2. The van der Waals surface area contributed by atoms with Crippen LogP contribution in [0.4, 0.5) is 0 Å². The summed E-state index contributed by atoms with van der Waals surface area (Å²) in [7, 11) is 1.36. The maximum Gasteiger partial charge on any atom is 0.258 e. The Balaban J connectivity index is 2.04. The number of phenolic OH excluding ortho intramolecular Hbond substituents is 1. The van der Waals surface area contributed by atoms with Gasteiger partial charge in [-0.2, -0.15) is 17.0 Å². The van der Waals surface area contributed by atoms with E-state index >= 15 is 0 Å². The van der Waals surface area contributed by atoms with Crippen molar-refractivity contribution in [2.45, 2.75) is 11.8 Å². The highest BCUT2D eigenvalue weighted by Crippen LogP contribution is 2.15. The molecule has 0 aliphatic carbocycles. The van der Waals surface area contributed by atoms with Gasteiger partial charge in [0, 0.05) is 24.1 Å². The van der Waals surface area contributed by atoms with Gasteiger partial charge in [-0.05, 0) is 23.8 Å². The maximum absolute atomic E-state index is 12.4. The van der Waals surface area contributed by atoms with Crippen LogP contribution in [-0.4, -0.2) is 40.7 Å². The average Bonchev–Trinajstić information content (AvgIpc) is 2.66. The van der Waals surface area contributed by atoms with Gasteiger partial charge in [0.1, 0.15) is 11.8 Å². The lowest BCUT2D eigenvalue weighted by Gasteiger charge is -2.20. The summed E-state index contributed by atoms with van der Waals surface area (Å²) < 4.78 is 0. The van der Waals surface area contributed by atoms with Gasteiger partial charge in [-0.3, -0.25) is 14.5 Å². The van der Waals surface area contributed by atoms with Crippen molar-refractivity contribution < 1.29 is 14.7 Å². The lowest BCUT2D eigenvalue weighted by Crippen LogP contribution is -2.47. The predicted octanol–water partition coefficient (Wildman–Crippen LogP) is 2.36. The summed E-state index contributed by atoms with van der Waals surface area (Å²) >= 11 is 1.49. The summed E-state index contributed by atoms with van der Waals surface area (Å²) in [6, 6.07) is 14.8. The lowest BCUT2D eigenvalue weighted by atomic mass is 10.2. The van der Waals surface area contributed by atoms with Gasteiger partial charge in [0.25, 0.3) is 11.8 Å². The molecule has 134 valence electrons. The van der Waals surface area contributed by atoms with E-state index in [1.807, 2.05) is 30.3 Å². The number of likely N-dealkylation sites (N-methyl/N-ethyl adjacent to an activating group) is 1. The van der Waals surface area contributed by atoms with E-state index in [0.717, 1.165) is 10.5 Å². The van der Waals surface area contributed by atoms with Gasteiger partial charge in [-0.25, -0.2) is 0 Å². The van der Waals surface area contributed by atoms with Crippen LogP contribution in [0.3, 0.4) is 0 Å². The predicted molar refractivity (Wildman–Crippen MR) is 100 cm³/mol. The Labute approximate surface area is 156 Å². The van der Waals surface area contributed by atoms with E-state index in [2.05, 4.69) is 5.32 Å².